The SMILES string of the molecule is C[C@H](Nc1nccc(N2C(=O)[C@@H]3CC[C@H]2C3)n1)c1nc(-c2ccc(Cl)cc2)no1. The van der Waals surface area contributed by atoms with Gasteiger partial charge in [0.15, 0.2) is 0 Å². The molecule has 0 unspecified atom stereocenters. The number of hydrogen-bond acceptors (Lipinski definition) is 7. The number of halogens is 1. The zero-order valence-corrected chi connectivity index (χ0v) is 16.5. The van der Waals surface area contributed by atoms with E-state index in [1.165, 1.54) is 0 Å². The maximum absolute atomic E-state index is 12.5. The van der Waals surface area contributed by atoms with Crippen molar-refractivity contribution < 1.29 is 9.32 Å². The zero-order valence-electron chi connectivity index (χ0n) is 15.7. The Balaban J connectivity index is 1.32. The number of rotatable bonds is 5. The van der Waals surface area contributed by atoms with Crippen LogP contribution in [0.5, 0.6) is 0 Å². The number of carbonyl (C=O) groups excluding carboxylic acids is 1. The van der Waals surface area contributed by atoms with Gasteiger partial charge in [0.2, 0.25) is 23.6 Å². The second-order valence-electron chi connectivity index (χ2n) is 7.44. The molecule has 2 fully saturated rings. The minimum absolute atomic E-state index is 0.148. The summed E-state index contributed by atoms with van der Waals surface area (Å²) < 4.78 is 5.39. The number of benzene rings is 1. The van der Waals surface area contributed by atoms with Crippen molar-refractivity contribution in [3.63, 3.8) is 0 Å². The smallest absolute Gasteiger partial charge is 0.249 e. The first-order chi connectivity index (χ1) is 14.1. The number of carbonyl (C=O) groups is 1. The Kier molecular flexibility index (Phi) is 4.43. The van der Waals surface area contributed by atoms with E-state index in [9.17, 15) is 4.79 Å². The highest BCUT2D eigenvalue weighted by Crippen LogP contribution is 2.40. The Labute approximate surface area is 172 Å². The van der Waals surface area contributed by atoms with Crippen LogP contribution in [0.1, 0.15) is 38.1 Å². The highest BCUT2D eigenvalue weighted by atomic mass is 35.5. The average Bonchev–Trinajstić information content (AvgIpc) is 3.45. The predicted molar refractivity (Wildman–Crippen MR) is 107 cm³/mol. The summed E-state index contributed by atoms with van der Waals surface area (Å²) in [5.41, 5.74) is 0.817. The van der Waals surface area contributed by atoms with Gasteiger partial charge in [-0.25, -0.2) is 4.98 Å². The van der Waals surface area contributed by atoms with E-state index in [4.69, 9.17) is 16.1 Å². The molecule has 3 heterocycles. The van der Waals surface area contributed by atoms with Crippen LogP contribution in [0.3, 0.4) is 0 Å². The number of hydrogen-bond donors (Lipinski definition) is 1. The number of nitrogens with one attached hydrogen (secondary N) is 1. The summed E-state index contributed by atoms with van der Waals surface area (Å²) in [6.45, 7) is 1.89. The Morgan fingerprint density at radius 1 is 1.21 bits per heavy atom. The van der Waals surface area contributed by atoms with Crippen molar-refractivity contribution in [2.75, 3.05) is 10.2 Å². The molecule has 1 saturated carbocycles. The standard InChI is InChI=1S/C20H19ClN6O2/c1-11(18-25-17(26-29-18)12-2-5-14(21)6-3-12)23-20-22-9-8-16(24-20)27-15-7-4-13(10-15)19(27)28/h2-3,5-6,8-9,11,13,15H,4,7,10H2,1H3,(H,22,23,24)/t11-,13+,15-/m0/s1. The van der Waals surface area contributed by atoms with Crippen molar-refractivity contribution in [2.24, 2.45) is 5.92 Å². The monoisotopic (exact) mass is 410 g/mol. The first kappa shape index (κ1) is 18.1. The van der Waals surface area contributed by atoms with Crippen molar-refractivity contribution in [3.8, 4) is 11.4 Å². The van der Waals surface area contributed by atoms with Gasteiger partial charge in [-0.3, -0.25) is 9.69 Å². The molecular formula is C20H19ClN6O2. The normalized spacial score (nSPS) is 21.6. The van der Waals surface area contributed by atoms with E-state index >= 15 is 0 Å². The Morgan fingerprint density at radius 3 is 2.79 bits per heavy atom. The van der Waals surface area contributed by atoms with E-state index in [0.29, 0.717) is 28.5 Å². The third-order valence-electron chi connectivity index (χ3n) is 5.50. The lowest BCUT2D eigenvalue weighted by Gasteiger charge is -2.26. The quantitative estimate of drug-likeness (QED) is 0.681. The van der Waals surface area contributed by atoms with Crippen molar-refractivity contribution in [1.82, 2.24) is 20.1 Å². The van der Waals surface area contributed by atoms with Crippen LogP contribution in [0.15, 0.2) is 41.1 Å². The van der Waals surface area contributed by atoms with Gasteiger partial charge in [0.05, 0.1) is 0 Å². The molecule has 0 spiro atoms. The molecule has 3 atom stereocenters. The number of fused-ring (bicyclic) bond motifs is 2. The molecule has 2 bridgehead atoms. The van der Waals surface area contributed by atoms with Crippen LogP contribution < -0.4 is 10.2 Å². The Hall–Kier alpha value is -3.00. The van der Waals surface area contributed by atoms with E-state index in [-0.39, 0.29) is 23.9 Å². The van der Waals surface area contributed by atoms with Crippen LogP contribution in [0, 0.1) is 5.92 Å². The highest BCUT2D eigenvalue weighted by Gasteiger charge is 2.45. The molecule has 9 heteroatoms. The molecule has 8 nitrogen and oxygen atoms in total. The van der Waals surface area contributed by atoms with E-state index in [1.54, 1.807) is 24.4 Å². The maximum Gasteiger partial charge on any atom is 0.249 e. The summed E-state index contributed by atoms with van der Waals surface area (Å²) in [7, 11) is 0. The number of piperidine rings is 1. The van der Waals surface area contributed by atoms with Gasteiger partial charge in [-0.05, 0) is 56.5 Å². The highest BCUT2D eigenvalue weighted by molar-refractivity contribution is 6.30. The lowest BCUT2D eigenvalue weighted by atomic mass is 10.1. The van der Waals surface area contributed by atoms with E-state index < -0.39 is 0 Å². The summed E-state index contributed by atoms with van der Waals surface area (Å²) in [6.07, 6.45) is 4.61. The molecule has 2 aromatic heterocycles. The molecule has 1 aliphatic carbocycles. The van der Waals surface area contributed by atoms with Crippen LogP contribution in [0.4, 0.5) is 11.8 Å². The van der Waals surface area contributed by atoms with Gasteiger partial charge in [-0.1, -0.05) is 16.8 Å². The first-order valence-corrected chi connectivity index (χ1v) is 9.98. The number of nitrogens with zero attached hydrogens (tertiary/aromatic N) is 5. The average molecular weight is 411 g/mol. The van der Waals surface area contributed by atoms with Crippen LogP contribution in [-0.4, -0.2) is 32.1 Å². The maximum atomic E-state index is 12.5. The Bertz CT molecular complexity index is 1050. The molecule has 1 N–H and O–H groups in total. The van der Waals surface area contributed by atoms with Crippen molar-refractivity contribution in [2.45, 2.75) is 38.3 Å². The summed E-state index contributed by atoms with van der Waals surface area (Å²) in [5.74, 6) is 2.27. The number of aromatic nitrogens is 4. The van der Waals surface area contributed by atoms with Gasteiger partial charge in [0.1, 0.15) is 11.9 Å². The first-order valence-electron chi connectivity index (χ1n) is 9.60. The van der Waals surface area contributed by atoms with E-state index in [0.717, 1.165) is 24.8 Å². The van der Waals surface area contributed by atoms with Gasteiger partial charge in [0.25, 0.3) is 0 Å². The van der Waals surface area contributed by atoms with Crippen molar-refractivity contribution >= 4 is 29.3 Å². The molecule has 29 heavy (non-hydrogen) atoms. The molecule has 0 radical (unpaired) electrons. The Morgan fingerprint density at radius 2 is 2.03 bits per heavy atom. The third kappa shape index (κ3) is 3.33. The summed E-state index contributed by atoms with van der Waals surface area (Å²) in [6, 6.07) is 8.96. The summed E-state index contributed by atoms with van der Waals surface area (Å²) in [4.78, 5) is 27.6. The van der Waals surface area contributed by atoms with Crippen LogP contribution in [0.2, 0.25) is 5.02 Å². The lowest BCUT2D eigenvalue weighted by Crippen LogP contribution is -2.37. The minimum Gasteiger partial charge on any atom is -0.343 e. The lowest BCUT2D eigenvalue weighted by molar-refractivity contribution is -0.121. The van der Waals surface area contributed by atoms with E-state index in [1.807, 2.05) is 24.0 Å². The molecule has 148 valence electrons. The predicted octanol–water partition coefficient (Wildman–Crippen LogP) is 3.87. The van der Waals surface area contributed by atoms with Gasteiger partial charge >= 0.3 is 0 Å². The topological polar surface area (TPSA) is 97.0 Å². The summed E-state index contributed by atoms with van der Waals surface area (Å²) >= 11 is 5.92. The molecule has 1 amide bonds. The molecule has 1 saturated heterocycles. The zero-order chi connectivity index (χ0) is 20.0. The van der Waals surface area contributed by atoms with Crippen molar-refractivity contribution in [1.29, 1.82) is 0 Å². The fourth-order valence-electron chi connectivity index (χ4n) is 4.03. The molecule has 2 aliphatic rings. The fraction of sp³-hybridized carbons (Fsp3) is 0.350. The molecule has 1 aromatic carbocycles. The minimum atomic E-state index is -0.301. The van der Waals surface area contributed by atoms with Crippen molar-refractivity contribution in [3.05, 3.63) is 47.4 Å². The molecule has 1 aliphatic heterocycles. The number of anilines is 2. The van der Waals surface area contributed by atoms with Crippen LogP contribution >= 0.6 is 11.6 Å². The summed E-state index contributed by atoms with van der Waals surface area (Å²) in [5, 5.41) is 7.86. The third-order valence-corrected chi connectivity index (χ3v) is 5.76. The van der Waals surface area contributed by atoms with Gasteiger partial charge in [-0.15, -0.1) is 0 Å². The fourth-order valence-corrected chi connectivity index (χ4v) is 4.15. The van der Waals surface area contributed by atoms with Gasteiger partial charge < -0.3 is 9.84 Å². The van der Waals surface area contributed by atoms with E-state index in [2.05, 4.69) is 25.4 Å². The number of amides is 1. The molecule has 3 aromatic rings. The second-order valence-corrected chi connectivity index (χ2v) is 7.88. The second kappa shape index (κ2) is 7.11. The molecule has 5 rings (SSSR count). The van der Waals surface area contributed by atoms with Crippen LogP contribution in [0.25, 0.3) is 11.4 Å². The molecular weight excluding hydrogens is 392 g/mol. The van der Waals surface area contributed by atoms with Gasteiger partial charge in [-0.2, -0.15) is 9.97 Å². The van der Waals surface area contributed by atoms with Crippen LogP contribution in [-0.2, 0) is 4.79 Å². The largest absolute Gasteiger partial charge is 0.343 e. The van der Waals surface area contributed by atoms with Gasteiger partial charge in [0, 0.05) is 28.7 Å².